The number of aromatic nitrogens is 2. The number of benzene rings is 2. The minimum absolute atomic E-state index is 0. The first-order valence-electron chi connectivity index (χ1n) is 12.2. The molecule has 2 heterocycles. The largest absolute Gasteiger partial charge is 0.465 e. The fourth-order valence-electron chi connectivity index (χ4n) is 4.89. The highest BCUT2D eigenvalue weighted by molar-refractivity contribution is 5.89. The van der Waals surface area contributed by atoms with E-state index in [4.69, 9.17) is 0 Å². The highest BCUT2D eigenvalue weighted by Gasteiger charge is 2.25. The molecular formula is C26H33ClFN5O4. The lowest BCUT2D eigenvalue weighted by Crippen LogP contribution is -2.44. The number of likely N-dealkylation sites (tertiary alicyclic amines) is 1. The van der Waals surface area contributed by atoms with Gasteiger partial charge in [0.15, 0.2) is 0 Å². The van der Waals surface area contributed by atoms with Crippen molar-refractivity contribution >= 4 is 35.6 Å². The smallest absolute Gasteiger partial charge is 0.405 e. The summed E-state index contributed by atoms with van der Waals surface area (Å²) >= 11 is 0. The Morgan fingerprint density at radius 1 is 1.05 bits per heavy atom. The summed E-state index contributed by atoms with van der Waals surface area (Å²) in [6.07, 6.45) is 0.522. The highest BCUT2D eigenvalue weighted by Crippen LogP contribution is 2.22. The molecule has 4 rings (SSSR count). The number of imidazole rings is 1. The topological polar surface area (TPSA) is 109 Å². The van der Waals surface area contributed by atoms with Crippen LogP contribution in [0, 0.1) is 11.7 Å². The summed E-state index contributed by atoms with van der Waals surface area (Å²) in [6, 6.07) is 12.1. The number of carbonyl (C=O) groups is 2. The predicted molar refractivity (Wildman–Crippen MR) is 142 cm³/mol. The molecule has 1 aliphatic rings. The van der Waals surface area contributed by atoms with Gasteiger partial charge in [-0.05, 0) is 75.5 Å². The summed E-state index contributed by atoms with van der Waals surface area (Å²) in [5.74, 6) is -0.122. The Hall–Kier alpha value is -3.37. The molecule has 1 saturated heterocycles. The Morgan fingerprint density at radius 3 is 2.27 bits per heavy atom. The van der Waals surface area contributed by atoms with Crippen LogP contribution in [0.5, 0.6) is 0 Å². The first-order chi connectivity index (χ1) is 17.2. The van der Waals surface area contributed by atoms with Crippen molar-refractivity contribution < 1.29 is 19.1 Å². The monoisotopic (exact) mass is 533 g/mol. The molecule has 0 bridgehead atoms. The van der Waals surface area contributed by atoms with Crippen molar-refractivity contribution in [2.45, 2.75) is 38.8 Å². The second kappa shape index (κ2) is 12.2. The van der Waals surface area contributed by atoms with E-state index < -0.39 is 18.2 Å². The van der Waals surface area contributed by atoms with Crippen molar-refractivity contribution in [2.24, 2.45) is 5.92 Å². The molecule has 0 saturated carbocycles. The standard InChI is InChI=1S/C26H32FN5O4.ClH/c1-17(2)31-22-5-3-4-6-23(22)32(26(31)36)24(33)28-15-18-11-13-30(14-12-18)16-21(29-25(34)35)19-7-9-20(27)10-8-19;/h3-10,17-18,21,29H,11-16H2,1-2H3,(H,28,33)(H,34,35);1H. The van der Waals surface area contributed by atoms with Gasteiger partial charge in [0.2, 0.25) is 0 Å². The third kappa shape index (κ3) is 6.50. The maximum Gasteiger partial charge on any atom is 0.405 e. The first-order valence-corrected chi connectivity index (χ1v) is 12.2. The summed E-state index contributed by atoms with van der Waals surface area (Å²) < 4.78 is 16.1. The van der Waals surface area contributed by atoms with Crippen molar-refractivity contribution in [1.82, 2.24) is 24.7 Å². The van der Waals surface area contributed by atoms with Crippen LogP contribution < -0.4 is 16.3 Å². The van der Waals surface area contributed by atoms with Gasteiger partial charge in [-0.15, -0.1) is 12.4 Å². The summed E-state index contributed by atoms with van der Waals surface area (Å²) in [7, 11) is 0. The van der Waals surface area contributed by atoms with Crippen molar-refractivity contribution in [2.75, 3.05) is 26.2 Å². The number of carbonyl (C=O) groups excluding carboxylic acids is 1. The number of amides is 2. The molecule has 2 aromatic carbocycles. The summed E-state index contributed by atoms with van der Waals surface area (Å²) in [5, 5.41) is 14.7. The van der Waals surface area contributed by atoms with Crippen LogP contribution in [-0.4, -0.2) is 57.4 Å². The van der Waals surface area contributed by atoms with E-state index in [1.165, 1.54) is 16.7 Å². The van der Waals surface area contributed by atoms with Gasteiger partial charge < -0.3 is 20.6 Å². The number of hydrogen-bond acceptors (Lipinski definition) is 4. The number of piperidine rings is 1. The van der Waals surface area contributed by atoms with Gasteiger partial charge in [-0.1, -0.05) is 24.3 Å². The summed E-state index contributed by atoms with van der Waals surface area (Å²) in [5.41, 5.74) is 1.67. The Balaban J connectivity index is 0.00000380. The zero-order valence-electron chi connectivity index (χ0n) is 20.9. The van der Waals surface area contributed by atoms with E-state index in [1.54, 1.807) is 22.8 Å². The number of nitrogens with one attached hydrogen (secondary N) is 2. The van der Waals surface area contributed by atoms with Gasteiger partial charge in [-0.2, -0.15) is 0 Å². The average Bonchev–Trinajstić information content (AvgIpc) is 3.15. The van der Waals surface area contributed by atoms with Crippen LogP contribution in [0.1, 0.15) is 44.3 Å². The predicted octanol–water partition coefficient (Wildman–Crippen LogP) is 4.22. The second-order valence-corrected chi connectivity index (χ2v) is 9.55. The van der Waals surface area contributed by atoms with Gasteiger partial charge in [0, 0.05) is 19.1 Å². The molecule has 0 aliphatic carbocycles. The highest BCUT2D eigenvalue weighted by atomic mass is 35.5. The number of halogens is 2. The van der Waals surface area contributed by atoms with Gasteiger partial charge >= 0.3 is 17.8 Å². The molecule has 1 fully saturated rings. The molecule has 200 valence electrons. The number of fused-ring (bicyclic) bond motifs is 1. The van der Waals surface area contributed by atoms with Crippen LogP contribution in [0.25, 0.3) is 11.0 Å². The van der Waals surface area contributed by atoms with Gasteiger partial charge in [-0.25, -0.2) is 23.3 Å². The third-order valence-corrected chi connectivity index (χ3v) is 6.76. The van der Waals surface area contributed by atoms with Crippen molar-refractivity contribution in [1.29, 1.82) is 0 Å². The van der Waals surface area contributed by atoms with Crippen LogP contribution in [0.3, 0.4) is 0 Å². The zero-order valence-corrected chi connectivity index (χ0v) is 21.7. The Labute approximate surface area is 220 Å². The van der Waals surface area contributed by atoms with Crippen LogP contribution >= 0.6 is 12.4 Å². The molecule has 11 heteroatoms. The molecule has 3 aromatic rings. The molecule has 1 atom stereocenters. The van der Waals surface area contributed by atoms with Crippen molar-refractivity contribution in [3.63, 3.8) is 0 Å². The number of nitrogens with zero attached hydrogens (tertiary/aromatic N) is 3. The van der Waals surface area contributed by atoms with E-state index in [1.807, 2.05) is 32.0 Å². The van der Waals surface area contributed by atoms with Gasteiger partial charge in [-0.3, -0.25) is 4.57 Å². The van der Waals surface area contributed by atoms with Crippen molar-refractivity contribution in [3.05, 3.63) is 70.4 Å². The van der Waals surface area contributed by atoms with Crippen LogP contribution in [0.2, 0.25) is 0 Å². The minimum Gasteiger partial charge on any atom is -0.465 e. The number of carboxylic acid groups (broad SMARTS) is 1. The summed E-state index contributed by atoms with van der Waals surface area (Å²) in [4.78, 5) is 39.4. The normalized spacial score (nSPS) is 15.4. The second-order valence-electron chi connectivity index (χ2n) is 9.55. The molecule has 0 spiro atoms. The maximum absolute atomic E-state index is 13.3. The minimum atomic E-state index is -1.13. The molecule has 1 aliphatic heterocycles. The molecule has 3 N–H and O–H groups in total. The van der Waals surface area contributed by atoms with Gasteiger partial charge in [0.25, 0.3) is 0 Å². The van der Waals surface area contributed by atoms with Crippen LogP contribution in [0.15, 0.2) is 53.3 Å². The first kappa shape index (κ1) is 28.2. The molecular weight excluding hydrogens is 501 g/mol. The quantitative estimate of drug-likeness (QED) is 0.421. The number of rotatable bonds is 7. The lowest BCUT2D eigenvalue weighted by atomic mass is 9.96. The number of para-hydroxylation sites is 2. The molecule has 37 heavy (non-hydrogen) atoms. The van der Waals surface area contributed by atoms with E-state index in [-0.39, 0.29) is 35.9 Å². The fourth-order valence-corrected chi connectivity index (χ4v) is 4.89. The Morgan fingerprint density at radius 2 is 1.68 bits per heavy atom. The third-order valence-electron chi connectivity index (χ3n) is 6.76. The van der Waals surface area contributed by atoms with E-state index in [9.17, 15) is 23.9 Å². The Bertz CT molecular complexity index is 1280. The van der Waals surface area contributed by atoms with E-state index >= 15 is 0 Å². The SMILES string of the molecule is CC(C)n1c(=O)n(C(=O)NCC2CCN(CC(NC(=O)O)c3ccc(F)cc3)CC2)c2ccccc21.Cl. The lowest BCUT2D eigenvalue weighted by molar-refractivity contribution is 0.156. The summed E-state index contributed by atoms with van der Waals surface area (Å²) in [6.45, 7) is 6.24. The molecule has 1 unspecified atom stereocenters. The zero-order chi connectivity index (χ0) is 25.8. The maximum atomic E-state index is 13.3. The number of hydrogen-bond donors (Lipinski definition) is 3. The average molecular weight is 534 g/mol. The van der Waals surface area contributed by atoms with Gasteiger partial charge in [0.1, 0.15) is 5.82 Å². The fraction of sp³-hybridized carbons (Fsp3) is 0.423. The Kier molecular flexibility index (Phi) is 9.34. The van der Waals surface area contributed by atoms with Crippen LogP contribution in [0.4, 0.5) is 14.0 Å². The molecule has 1 aromatic heterocycles. The van der Waals surface area contributed by atoms with Gasteiger partial charge in [0.05, 0.1) is 17.1 Å². The lowest BCUT2D eigenvalue weighted by Gasteiger charge is -2.34. The molecule has 0 radical (unpaired) electrons. The van der Waals surface area contributed by atoms with E-state index in [0.717, 1.165) is 31.4 Å². The van der Waals surface area contributed by atoms with Crippen molar-refractivity contribution in [3.8, 4) is 0 Å². The van der Waals surface area contributed by atoms with E-state index in [2.05, 4.69) is 15.5 Å². The van der Waals surface area contributed by atoms with Crippen LogP contribution in [-0.2, 0) is 0 Å². The molecule has 9 nitrogen and oxygen atoms in total. The molecule has 2 amide bonds. The van der Waals surface area contributed by atoms with E-state index in [0.29, 0.717) is 24.2 Å².